The number of aromatic nitrogens is 2. The van der Waals surface area contributed by atoms with Crippen molar-refractivity contribution in [3.05, 3.63) is 11.8 Å². The number of aryl methyl sites for hydroxylation is 1. The lowest BCUT2D eigenvalue weighted by atomic mass is 9.65. The fourth-order valence-corrected chi connectivity index (χ4v) is 4.50. The summed E-state index contributed by atoms with van der Waals surface area (Å²) < 4.78 is 1.79. The number of amides is 1. The molecule has 1 aromatic heterocycles. The number of carbonyl (C=O) groups is 1. The Hall–Kier alpha value is -1.36. The molecule has 5 heteroatoms. The number of nitrogens with one attached hydrogen (secondary N) is 1. The van der Waals surface area contributed by atoms with Gasteiger partial charge in [-0.15, -0.1) is 0 Å². The van der Waals surface area contributed by atoms with Gasteiger partial charge < -0.3 is 11.1 Å². The van der Waals surface area contributed by atoms with Gasteiger partial charge in [0.1, 0.15) is 5.82 Å². The van der Waals surface area contributed by atoms with Crippen LogP contribution in [0.15, 0.2) is 6.07 Å². The van der Waals surface area contributed by atoms with Crippen LogP contribution in [0.2, 0.25) is 0 Å². The van der Waals surface area contributed by atoms with Crippen LogP contribution < -0.4 is 11.1 Å². The van der Waals surface area contributed by atoms with Crippen molar-refractivity contribution in [2.75, 3.05) is 5.32 Å². The van der Waals surface area contributed by atoms with Gasteiger partial charge in [-0.25, -0.2) is 0 Å². The monoisotopic (exact) mass is 332 g/mol. The van der Waals surface area contributed by atoms with Crippen LogP contribution in [0.25, 0.3) is 0 Å². The van der Waals surface area contributed by atoms with Crippen LogP contribution in [0.1, 0.15) is 58.6 Å². The van der Waals surface area contributed by atoms with Crippen molar-refractivity contribution in [3.8, 4) is 0 Å². The topological polar surface area (TPSA) is 72.9 Å². The van der Waals surface area contributed by atoms with Gasteiger partial charge >= 0.3 is 0 Å². The lowest BCUT2D eigenvalue weighted by molar-refractivity contribution is -0.122. The Morgan fingerprint density at radius 3 is 2.54 bits per heavy atom. The first kappa shape index (κ1) is 17.5. The highest BCUT2D eigenvalue weighted by Crippen LogP contribution is 2.42. The van der Waals surface area contributed by atoms with E-state index in [1.807, 2.05) is 13.1 Å². The molecule has 2 bridgehead atoms. The molecule has 0 aliphatic heterocycles. The van der Waals surface area contributed by atoms with E-state index >= 15 is 0 Å². The van der Waals surface area contributed by atoms with E-state index in [4.69, 9.17) is 5.73 Å². The van der Waals surface area contributed by atoms with Gasteiger partial charge in [-0.3, -0.25) is 9.48 Å². The minimum atomic E-state index is 0.0982. The second-order valence-corrected chi connectivity index (χ2v) is 9.07. The Kier molecular flexibility index (Phi) is 4.73. The largest absolute Gasteiger partial charge is 0.327 e. The summed E-state index contributed by atoms with van der Waals surface area (Å²) in [5.74, 6) is 2.09. The summed E-state index contributed by atoms with van der Waals surface area (Å²) >= 11 is 0. The molecule has 2 unspecified atom stereocenters. The Morgan fingerprint density at radius 1 is 1.33 bits per heavy atom. The normalized spacial score (nSPS) is 30.2. The van der Waals surface area contributed by atoms with Crippen molar-refractivity contribution in [1.29, 1.82) is 0 Å². The number of anilines is 1. The number of nitrogens with two attached hydrogens (primary N) is 1. The SMILES string of the molecule is Cn1nc(CC(C)(C)C)cc1NC(=O)C1CC2CCCC(C1)C2N. The predicted molar refractivity (Wildman–Crippen MR) is 96.5 cm³/mol. The first-order valence-corrected chi connectivity index (χ1v) is 9.32. The fourth-order valence-electron chi connectivity index (χ4n) is 4.50. The van der Waals surface area contributed by atoms with E-state index in [0.717, 1.165) is 30.8 Å². The van der Waals surface area contributed by atoms with Crippen LogP contribution >= 0.6 is 0 Å². The second-order valence-electron chi connectivity index (χ2n) is 9.07. The van der Waals surface area contributed by atoms with Gasteiger partial charge in [0, 0.05) is 25.1 Å². The summed E-state index contributed by atoms with van der Waals surface area (Å²) in [6.07, 6.45) is 6.42. The highest BCUT2D eigenvalue weighted by atomic mass is 16.2. The third kappa shape index (κ3) is 3.82. The molecular weight excluding hydrogens is 300 g/mol. The molecule has 24 heavy (non-hydrogen) atoms. The molecular formula is C19H32N4O. The van der Waals surface area contributed by atoms with Crippen molar-refractivity contribution in [1.82, 2.24) is 9.78 Å². The summed E-state index contributed by atoms with van der Waals surface area (Å²) in [4.78, 5) is 12.8. The predicted octanol–water partition coefficient (Wildman–Crippen LogP) is 3.10. The number of nitrogens with zero attached hydrogens (tertiary/aromatic N) is 2. The molecule has 2 saturated carbocycles. The van der Waals surface area contributed by atoms with E-state index in [0.29, 0.717) is 17.9 Å². The lowest BCUT2D eigenvalue weighted by Crippen LogP contribution is -2.48. The molecule has 2 aliphatic rings. The lowest BCUT2D eigenvalue weighted by Gasteiger charge is -2.43. The first-order chi connectivity index (χ1) is 11.2. The smallest absolute Gasteiger partial charge is 0.228 e. The maximum Gasteiger partial charge on any atom is 0.228 e. The number of hydrogen-bond acceptors (Lipinski definition) is 3. The molecule has 3 N–H and O–H groups in total. The Morgan fingerprint density at radius 2 is 1.96 bits per heavy atom. The van der Waals surface area contributed by atoms with Gasteiger partial charge in [0.05, 0.1) is 5.69 Å². The Labute approximate surface area is 145 Å². The van der Waals surface area contributed by atoms with Crippen LogP contribution in [0.4, 0.5) is 5.82 Å². The fraction of sp³-hybridized carbons (Fsp3) is 0.789. The van der Waals surface area contributed by atoms with Crippen LogP contribution in [0, 0.1) is 23.2 Å². The molecule has 3 rings (SSSR count). The second kappa shape index (κ2) is 6.51. The van der Waals surface area contributed by atoms with Crippen molar-refractivity contribution in [2.24, 2.45) is 36.0 Å². The summed E-state index contributed by atoms with van der Waals surface area (Å²) in [5.41, 5.74) is 7.56. The highest BCUT2D eigenvalue weighted by Gasteiger charge is 2.40. The molecule has 1 heterocycles. The third-order valence-electron chi connectivity index (χ3n) is 5.68. The van der Waals surface area contributed by atoms with E-state index in [1.165, 1.54) is 19.3 Å². The number of rotatable bonds is 3. The van der Waals surface area contributed by atoms with Gasteiger partial charge in [0.2, 0.25) is 5.91 Å². The molecule has 5 nitrogen and oxygen atoms in total. The van der Waals surface area contributed by atoms with Gasteiger partial charge in [-0.1, -0.05) is 27.2 Å². The minimum Gasteiger partial charge on any atom is -0.327 e. The Bertz CT molecular complexity index is 587. The maximum atomic E-state index is 12.8. The molecule has 2 atom stereocenters. The number of carbonyl (C=O) groups excluding carboxylic acids is 1. The molecule has 134 valence electrons. The van der Waals surface area contributed by atoms with Crippen molar-refractivity contribution in [3.63, 3.8) is 0 Å². The number of hydrogen-bond donors (Lipinski definition) is 2. The number of fused-ring (bicyclic) bond motifs is 2. The molecule has 0 saturated heterocycles. The van der Waals surface area contributed by atoms with Gasteiger partial charge in [0.15, 0.2) is 0 Å². The summed E-state index contributed by atoms with van der Waals surface area (Å²) in [6, 6.07) is 2.32. The summed E-state index contributed by atoms with van der Waals surface area (Å²) in [5, 5.41) is 7.66. The van der Waals surface area contributed by atoms with E-state index in [-0.39, 0.29) is 17.2 Å². The van der Waals surface area contributed by atoms with Crippen LogP contribution in [0.5, 0.6) is 0 Å². The minimum absolute atomic E-state index is 0.0982. The molecule has 2 fully saturated rings. The maximum absolute atomic E-state index is 12.8. The third-order valence-corrected chi connectivity index (χ3v) is 5.68. The first-order valence-electron chi connectivity index (χ1n) is 9.32. The molecule has 2 aliphatic carbocycles. The quantitative estimate of drug-likeness (QED) is 0.893. The zero-order chi connectivity index (χ0) is 17.5. The molecule has 1 amide bonds. The molecule has 0 aromatic carbocycles. The van der Waals surface area contributed by atoms with Crippen molar-refractivity contribution in [2.45, 2.75) is 65.3 Å². The Balaban J connectivity index is 1.65. The molecule has 0 spiro atoms. The zero-order valence-corrected chi connectivity index (χ0v) is 15.5. The van der Waals surface area contributed by atoms with Crippen molar-refractivity contribution < 1.29 is 4.79 Å². The summed E-state index contributed by atoms with van der Waals surface area (Å²) in [6.45, 7) is 6.60. The average Bonchev–Trinajstić information content (AvgIpc) is 2.75. The van der Waals surface area contributed by atoms with Crippen molar-refractivity contribution >= 4 is 11.7 Å². The standard InChI is InChI=1S/C19H32N4O/c1-19(2,3)11-15-10-16(23(4)22-15)21-18(24)14-8-12-6-5-7-13(9-14)17(12)20/h10,12-14,17H,5-9,11,20H2,1-4H3,(H,21,24). The van der Waals surface area contributed by atoms with Crippen LogP contribution in [-0.4, -0.2) is 21.7 Å². The summed E-state index contributed by atoms with van der Waals surface area (Å²) in [7, 11) is 1.90. The van der Waals surface area contributed by atoms with Crippen LogP contribution in [0.3, 0.4) is 0 Å². The molecule has 0 radical (unpaired) electrons. The van der Waals surface area contributed by atoms with E-state index in [1.54, 1.807) is 4.68 Å². The molecule has 1 aromatic rings. The van der Waals surface area contributed by atoms with Gasteiger partial charge in [0.25, 0.3) is 0 Å². The van der Waals surface area contributed by atoms with E-state index < -0.39 is 0 Å². The van der Waals surface area contributed by atoms with E-state index in [9.17, 15) is 4.79 Å². The van der Waals surface area contributed by atoms with Gasteiger partial charge in [-0.2, -0.15) is 5.10 Å². The average molecular weight is 332 g/mol. The highest BCUT2D eigenvalue weighted by molar-refractivity contribution is 5.92. The van der Waals surface area contributed by atoms with E-state index in [2.05, 4.69) is 31.2 Å². The van der Waals surface area contributed by atoms with Crippen LogP contribution in [-0.2, 0) is 18.3 Å². The van der Waals surface area contributed by atoms with Gasteiger partial charge in [-0.05, 0) is 49.4 Å². The zero-order valence-electron chi connectivity index (χ0n) is 15.5.